The van der Waals surface area contributed by atoms with Crippen molar-refractivity contribution in [3.05, 3.63) is 0 Å². The summed E-state index contributed by atoms with van der Waals surface area (Å²) in [6.45, 7) is 10.3. The summed E-state index contributed by atoms with van der Waals surface area (Å²) in [5.74, 6) is 0.918. The molecule has 2 aliphatic rings. The second-order valence-corrected chi connectivity index (χ2v) is 7.29. The number of aliphatic hydroxyl groups excluding tert-OH is 1. The molecule has 0 radical (unpaired) electrons. The third-order valence-electron chi connectivity index (χ3n) is 5.42. The first-order chi connectivity index (χ1) is 7.86. The van der Waals surface area contributed by atoms with Crippen molar-refractivity contribution in [1.82, 2.24) is 5.32 Å². The van der Waals surface area contributed by atoms with Gasteiger partial charge in [-0.1, -0.05) is 20.8 Å². The fourth-order valence-corrected chi connectivity index (χ4v) is 4.46. The maximum atomic E-state index is 9.28. The Morgan fingerprint density at radius 1 is 1.35 bits per heavy atom. The van der Waals surface area contributed by atoms with E-state index in [0.29, 0.717) is 16.9 Å². The van der Waals surface area contributed by atoms with Crippen LogP contribution in [-0.4, -0.2) is 23.8 Å². The Labute approximate surface area is 106 Å². The normalized spacial score (nSPS) is 40.8. The summed E-state index contributed by atoms with van der Waals surface area (Å²) in [7, 11) is 0. The minimum Gasteiger partial charge on any atom is -0.393 e. The Morgan fingerprint density at radius 3 is 2.59 bits per heavy atom. The molecule has 2 aliphatic carbocycles. The quantitative estimate of drug-likeness (QED) is 0.723. The van der Waals surface area contributed by atoms with E-state index < -0.39 is 0 Å². The Kier molecular flexibility index (Phi) is 3.57. The summed E-state index contributed by atoms with van der Waals surface area (Å²) in [4.78, 5) is 0. The highest BCUT2D eigenvalue weighted by Crippen LogP contribution is 2.62. The average Bonchev–Trinajstić information content (AvgIpc) is 2.67. The molecule has 2 nitrogen and oxygen atoms in total. The van der Waals surface area contributed by atoms with E-state index in [1.165, 1.54) is 19.3 Å². The van der Waals surface area contributed by atoms with Crippen LogP contribution in [0, 0.1) is 16.7 Å². The largest absolute Gasteiger partial charge is 0.393 e. The molecule has 2 heteroatoms. The van der Waals surface area contributed by atoms with Gasteiger partial charge in [-0.15, -0.1) is 0 Å². The Morgan fingerprint density at radius 2 is 2.06 bits per heavy atom. The molecule has 0 aromatic rings. The summed E-state index contributed by atoms with van der Waals surface area (Å²) >= 11 is 0. The smallest absolute Gasteiger partial charge is 0.0512 e. The lowest BCUT2D eigenvalue weighted by Crippen LogP contribution is -2.50. The number of hydrogen-bond donors (Lipinski definition) is 2. The standard InChI is InChI=1S/C15H29NO/c1-11(17)6-5-9-16-13-14(2,3)12-7-8-15(13,4)10-12/h11-13,16-17H,5-10H2,1-4H3. The van der Waals surface area contributed by atoms with Gasteiger partial charge in [-0.05, 0) is 62.3 Å². The van der Waals surface area contributed by atoms with Crippen molar-refractivity contribution in [1.29, 1.82) is 0 Å². The molecule has 0 amide bonds. The van der Waals surface area contributed by atoms with Gasteiger partial charge in [-0.25, -0.2) is 0 Å². The lowest BCUT2D eigenvalue weighted by molar-refractivity contribution is 0.107. The Hall–Kier alpha value is -0.0800. The van der Waals surface area contributed by atoms with Gasteiger partial charge in [0.2, 0.25) is 0 Å². The molecule has 2 bridgehead atoms. The zero-order valence-electron chi connectivity index (χ0n) is 11.9. The molecular weight excluding hydrogens is 210 g/mol. The van der Waals surface area contributed by atoms with Crippen LogP contribution in [0.5, 0.6) is 0 Å². The number of aliphatic hydroxyl groups is 1. The summed E-state index contributed by atoms with van der Waals surface area (Å²) in [6, 6.07) is 0.669. The van der Waals surface area contributed by atoms with Gasteiger partial charge in [0.05, 0.1) is 6.10 Å². The molecule has 2 rings (SSSR count). The molecule has 2 N–H and O–H groups in total. The molecule has 0 aliphatic heterocycles. The van der Waals surface area contributed by atoms with Gasteiger partial charge in [0.25, 0.3) is 0 Å². The second-order valence-electron chi connectivity index (χ2n) is 7.29. The lowest BCUT2D eigenvalue weighted by Gasteiger charge is -2.43. The van der Waals surface area contributed by atoms with Gasteiger partial charge in [-0.2, -0.15) is 0 Å². The van der Waals surface area contributed by atoms with Crippen LogP contribution in [0.3, 0.4) is 0 Å². The van der Waals surface area contributed by atoms with Crippen LogP contribution in [0.15, 0.2) is 0 Å². The highest BCUT2D eigenvalue weighted by molar-refractivity contribution is 5.11. The molecule has 2 fully saturated rings. The molecule has 0 aromatic carbocycles. The summed E-state index contributed by atoms with van der Waals surface area (Å²) in [5.41, 5.74) is 0.983. The third kappa shape index (κ3) is 2.39. The van der Waals surface area contributed by atoms with Crippen molar-refractivity contribution < 1.29 is 5.11 Å². The van der Waals surface area contributed by atoms with Gasteiger partial charge in [0.15, 0.2) is 0 Å². The predicted molar refractivity (Wildman–Crippen MR) is 71.9 cm³/mol. The van der Waals surface area contributed by atoms with E-state index in [4.69, 9.17) is 0 Å². The summed E-state index contributed by atoms with van der Waals surface area (Å²) in [5, 5.41) is 13.1. The van der Waals surface area contributed by atoms with Crippen LogP contribution < -0.4 is 5.32 Å². The fourth-order valence-electron chi connectivity index (χ4n) is 4.46. The van der Waals surface area contributed by atoms with Gasteiger partial charge < -0.3 is 10.4 Å². The Balaban J connectivity index is 1.87. The van der Waals surface area contributed by atoms with E-state index in [9.17, 15) is 5.11 Å². The van der Waals surface area contributed by atoms with Crippen molar-refractivity contribution in [3.8, 4) is 0 Å². The first-order valence-corrected chi connectivity index (χ1v) is 7.28. The second kappa shape index (κ2) is 4.55. The van der Waals surface area contributed by atoms with E-state index >= 15 is 0 Å². The number of fused-ring (bicyclic) bond motifs is 2. The zero-order valence-corrected chi connectivity index (χ0v) is 11.9. The SMILES string of the molecule is CC(O)CCCNC1C2(C)CCC(C2)C1(C)C. The van der Waals surface area contributed by atoms with E-state index in [-0.39, 0.29) is 6.10 Å². The van der Waals surface area contributed by atoms with Gasteiger partial charge in [0.1, 0.15) is 0 Å². The third-order valence-corrected chi connectivity index (χ3v) is 5.42. The van der Waals surface area contributed by atoms with Gasteiger partial charge in [-0.3, -0.25) is 0 Å². The van der Waals surface area contributed by atoms with Crippen LogP contribution in [-0.2, 0) is 0 Å². The van der Waals surface area contributed by atoms with Crippen LogP contribution in [0.1, 0.15) is 59.8 Å². The van der Waals surface area contributed by atoms with Crippen molar-refractivity contribution in [2.45, 2.75) is 71.9 Å². The van der Waals surface area contributed by atoms with Crippen molar-refractivity contribution in [2.24, 2.45) is 16.7 Å². The van der Waals surface area contributed by atoms with Gasteiger partial charge in [0, 0.05) is 6.04 Å². The maximum absolute atomic E-state index is 9.28. The van der Waals surface area contributed by atoms with Crippen molar-refractivity contribution in [3.63, 3.8) is 0 Å². The highest BCUT2D eigenvalue weighted by Gasteiger charge is 2.58. The Bertz CT molecular complexity index is 269. The van der Waals surface area contributed by atoms with Crippen molar-refractivity contribution >= 4 is 0 Å². The molecular formula is C15H29NO. The van der Waals surface area contributed by atoms with E-state index in [0.717, 1.165) is 25.3 Å². The monoisotopic (exact) mass is 239 g/mol. The predicted octanol–water partition coefficient (Wildman–Crippen LogP) is 2.95. The van der Waals surface area contributed by atoms with E-state index in [1.54, 1.807) is 0 Å². The molecule has 0 aromatic heterocycles. The number of rotatable bonds is 5. The topological polar surface area (TPSA) is 32.3 Å². The van der Waals surface area contributed by atoms with E-state index in [1.807, 2.05) is 6.92 Å². The molecule has 0 spiro atoms. The number of hydrogen-bond acceptors (Lipinski definition) is 2. The maximum Gasteiger partial charge on any atom is 0.0512 e. The average molecular weight is 239 g/mol. The van der Waals surface area contributed by atoms with Crippen LogP contribution >= 0.6 is 0 Å². The summed E-state index contributed by atoms with van der Waals surface area (Å²) in [6.07, 6.45) is 6.09. The molecule has 2 saturated carbocycles. The molecule has 4 atom stereocenters. The first-order valence-electron chi connectivity index (χ1n) is 7.28. The number of nitrogens with one attached hydrogen (secondary N) is 1. The summed E-state index contributed by atoms with van der Waals surface area (Å²) < 4.78 is 0. The van der Waals surface area contributed by atoms with Crippen LogP contribution in [0.25, 0.3) is 0 Å². The minimum atomic E-state index is -0.152. The zero-order chi connectivity index (χ0) is 12.7. The molecule has 4 unspecified atom stereocenters. The van der Waals surface area contributed by atoms with Crippen molar-refractivity contribution in [2.75, 3.05) is 6.54 Å². The van der Waals surface area contributed by atoms with E-state index in [2.05, 4.69) is 26.1 Å². The first kappa shape index (κ1) is 13.4. The van der Waals surface area contributed by atoms with Crippen LogP contribution in [0.2, 0.25) is 0 Å². The fraction of sp³-hybridized carbons (Fsp3) is 1.00. The minimum absolute atomic E-state index is 0.152. The van der Waals surface area contributed by atoms with Crippen LogP contribution in [0.4, 0.5) is 0 Å². The molecule has 0 heterocycles. The highest BCUT2D eigenvalue weighted by atomic mass is 16.3. The lowest BCUT2D eigenvalue weighted by atomic mass is 9.68. The molecule has 0 saturated heterocycles. The van der Waals surface area contributed by atoms with Gasteiger partial charge >= 0.3 is 0 Å². The molecule has 17 heavy (non-hydrogen) atoms. The molecule has 100 valence electrons.